The average Bonchev–Trinajstić information content (AvgIpc) is 2.40. The minimum absolute atomic E-state index is 0.955. The van der Waals surface area contributed by atoms with Crippen molar-refractivity contribution in [1.82, 2.24) is 9.88 Å². The van der Waals surface area contributed by atoms with Crippen LogP contribution in [-0.4, -0.2) is 30.0 Å². The van der Waals surface area contributed by atoms with Gasteiger partial charge in [-0.2, -0.15) is 0 Å². The molecule has 0 radical (unpaired) electrons. The Hall–Kier alpha value is -1.09. The van der Waals surface area contributed by atoms with Crippen molar-refractivity contribution in [2.24, 2.45) is 5.92 Å². The Morgan fingerprint density at radius 2 is 2.18 bits per heavy atom. The summed E-state index contributed by atoms with van der Waals surface area (Å²) < 4.78 is 0. The first kappa shape index (κ1) is 12.4. The summed E-state index contributed by atoms with van der Waals surface area (Å²) in [6.45, 7) is 5.86. The Morgan fingerprint density at radius 3 is 2.82 bits per heavy atom. The summed E-state index contributed by atoms with van der Waals surface area (Å²) in [6, 6.07) is 4.26. The lowest BCUT2D eigenvalue weighted by molar-refractivity contribution is 0.175. The highest BCUT2D eigenvalue weighted by Crippen LogP contribution is 2.21. The molecule has 1 N–H and O–H groups in total. The number of nitrogens with one attached hydrogen (secondary N) is 1. The highest BCUT2D eigenvalue weighted by Gasteiger charge is 2.17. The zero-order chi connectivity index (χ0) is 12.1. The minimum Gasteiger partial charge on any atom is -0.373 e. The molecule has 0 spiro atoms. The molecule has 2 heterocycles. The third-order valence-corrected chi connectivity index (χ3v) is 3.77. The van der Waals surface area contributed by atoms with Gasteiger partial charge >= 0.3 is 0 Å². The molecular weight excluding hydrogens is 210 g/mol. The topological polar surface area (TPSA) is 28.2 Å². The van der Waals surface area contributed by atoms with Gasteiger partial charge in [0.25, 0.3) is 0 Å². The van der Waals surface area contributed by atoms with Crippen molar-refractivity contribution in [2.75, 3.05) is 25.5 Å². The minimum atomic E-state index is 0.955. The molecule has 0 bridgehead atoms. The number of aromatic nitrogens is 1. The van der Waals surface area contributed by atoms with Gasteiger partial charge in [0.2, 0.25) is 0 Å². The molecule has 3 nitrogen and oxygen atoms in total. The van der Waals surface area contributed by atoms with Crippen molar-refractivity contribution in [2.45, 2.75) is 32.7 Å². The SMILES string of the molecule is CCC1CCN(Cc2ccnc(NC)c2)CC1. The molecule has 1 aromatic rings. The summed E-state index contributed by atoms with van der Waals surface area (Å²) in [7, 11) is 1.92. The van der Waals surface area contributed by atoms with E-state index in [1.165, 1.54) is 37.9 Å². The molecule has 1 saturated heterocycles. The monoisotopic (exact) mass is 233 g/mol. The van der Waals surface area contributed by atoms with E-state index in [-0.39, 0.29) is 0 Å². The summed E-state index contributed by atoms with van der Waals surface area (Å²) in [5.41, 5.74) is 1.36. The Labute approximate surface area is 104 Å². The summed E-state index contributed by atoms with van der Waals surface area (Å²) in [5.74, 6) is 1.92. The molecule has 3 heteroatoms. The van der Waals surface area contributed by atoms with Gasteiger partial charge in [-0.25, -0.2) is 4.98 Å². The molecule has 17 heavy (non-hydrogen) atoms. The van der Waals surface area contributed by atoms with Crippen LogP contribution in [0.2, 0.25) is 0 Å². The smallest absolute Gasteiger partial charge is 0.125 e. The van der Waals surface area contributed by atoms with E-state index in [1.807, 2.05) is 13.2 Å². The number of piperidine rings is 1. The lowest BCUT2D eigenvalue weighted by Crippen LogP contribution is -2.33. The van der Waals surface area contributed by atoms with Crippen LogP contribution in [0.1, 0.15) is 31.7 Å². The van der Waals surface area contributed by atoms with Crippen LogP contribution in [0.4, 0.5) is 5.82 Å². The fourth-order valence-electron chi connectivity index (χ4n) is 2.52. The standard InChI is InChI=1S/C14H23N3/c1-3-12-5-8-17(9-6-12)11-13-4-7-16-14(10-13)15-2/h4,7,10,12H,3,5-6,8-9,11H2,1-2H3,(H,15,16). The van der Waals surface area contributed by atoms with Crippen molar-refractivity contribution >= 4 is 5.82 Å². The van der Waals surface area contributed by atoms with Crippen LogP contribution < -0.4 is 5.32 Å². The van der Waals surface area contributed by atoms with Crippen molar-refractivity contribution in [1.29, 1.82) is 0 Å². The van der Waals surface area contributed by atoms with E-state index in [9.17, 15) is 0 Å². The second-order valence-corrected chi connectivity index (χ2v) is 4.93. The van der Waals surface area contributed by atoms with Crippen molar-refractivity contribution in [3.8, 4) is 0 Å². The van der Waals surface area contributed by atoms with Gasteiger partial charge in [0.15, 0.2) is 0 Å². The van der Waals surface area contributed by atoms with Crippen LogP contribution >= 0.6 is 0 Å². The zero-order valence-electron chi connectivity index (χ0n) is 10.9. The molecule has 0 aliphatic carbocycles. The van der Waals surface area contributed by atoms with E-state index in [1.54, 1.807) is 0 Å². The van der Waals surface area contributed by atoms with E-state index in [4.69, 9.17) is 0 Å². The largest absolute Gasteiger partial charge is 0.373 e. The first-order chi connectivity index (χ1) is 8.31. The van der Waals surface area contributed by atoms with E-state index in [0.29, 0.717) is 0 Å². The van der Waals surface area contributed by atoms with Gasteiger partial charge < -0.3 is 5.32 Å². The van der Waals surface area contributed by atoms with Crippen LogP contribution in [0.3, 0.4) is 0 Å². The van der Waals surface area contributed by atoms with Crippen LogP contribution in [0.5, 0.6) is 0 Å². The highest BCUT2D eigenvalue weighted by molar-refractivity contribution is 5.36. The zero-order valence-corrected chi connectivity index (χ0v) is 10.9. The number of pyridine rings is 1. The maximum atomic E-state index is 4.25. The number of hydrogen-bond acceptors (Lipinski definition) is 3. The van der Waals surface area contributed by atoms with Gasteiger partial charge in [0.05, 0.1) is 0 Å². The highest BCUT2D eigenvalue weighted by atomic mass is 15.1. The summed E-state index contributed by atoms with van der Waals surface area (Å²) >= 11 is 0. The first-order valence-electron chi connectivity index (χ1n) is 6.67. The van der Waals surface area contributed by atoms with Gasteiger partial charge in [-0.1, -0.05) is 13.3 Å². The van der Waals surface area contributed by atoms with Crippen molar-refractivity contribution in [3.63, 3.8) is 0 Å². The number of likely N-dealkylation sites (tertiary alicyclic amines) is 1. The maximum absolute atomic E-state index is 4.25. The van der Waals surface area contributed by atoms with Crippen LogP contribution in [0.15, 0.2) is 18.3 Å². The number of nitrogens with zero attached hydrogens (tertiary/aromatic N) is 2. The first-order valence-corrected chi connectivity index (χ1v) is 6.67. The molecule has 1 aliphatic heterocycles. The molecule has 0 saturated carbocycles. The van der Waals surface area contributed by atoms with Crippen LogP contribution in [0, 0.1) is 5.92 Å². The molecule has 1 aromatic heterocycles. The molecule has 0 atom stereocenters. The third kappa shape index (κ3) is 3.43. The Morgan fingerprint density at radius 1 is 1.41 bits per heavy atom. The van der Waals surface area contributed by atoms with Crippen molar-refractivity contribution < 1.29 is 0 Å². The molecule has 2 rings (SSSR count). The Bertz CT molecular complexity index is 343. The van der Waals surface area contributed by atoms with Crippen LogP contribution in [-0.2, 0) is 6.54 Å². The number of anilines is 1. The quantitative estimate of drug-likeness (QED) is 0.866. The van der Waals surface area contributed by atoms with Gasteiger partial charge in [-0.15, -0.1) is 0 Å². The van der Waals surface area contributed by atoms with Gasteiger partial charge in [0, 0.05) is 19.8 Å². The Kier molecular flexibility index (Phi) is 4.37. The fourth-order valence-corrected chi connectivity index (χ4v) is 2.52. The predicted molar refractivity (Wildman–Crippen MR) is 72.1 cm³/mol. The normalized spacial score (nSPS) is 18.2. The molecule has 1 aliphatic rings. The van der Waals surface area contributed by atoms with E-state index >= 15 is 0 Å². The maximum Gasteiger partial charge on any atom is 0.125 e. The van der Waals surface area contributed by atoms with Crippen molar-refractivity contribution in [3.05, 3.63) is 23.9 Å². The third-order valence-electron chi connectivity index (χ3n) is 3.77. The molecule has 0 aromatic carbocycles. The summed E-state index contributed by atoms with van der Waals surface area (Å²) in [6.07, 6.45) is 5.95. The number of hydrogen-bond donors (Lipinski definition) is 1. The van der Waals surface area contributed by atoms with E-state index < -0.39 is 0 Å². The fraction of sp³-hybridized carbons (Fsp3) is 0.643. The van der Waals surface area contributed by atoms with Gasteiger partial charge in [0.1, 0.15) is 5.82 Å². The average molecular weight is 233 g/mol. The lowest BCUT2D eigenvalue weighted by Gasteiger charge is -2.31. The molecule has 0 unspecified atom stereocenters. The lowest BCUT2D eigenvalue weighted by atomic mass is 9.94. The molecule has 1 fully saturated rings. The van der Waals surface area contributed by atoms with Gasteiger partial charge in [-0.3, -0.25) is 4.90 Å². The van der Waals surface area contributed by atoms with E-state index in [2.05, 4.69) is 34.3 Å². The van der Waals surface area contributed by atoms with E-state index in [0.717, 1.165) is 18.3 Å². The molecule has 0 amide bonds. The predicted octanol–water partition coefficient (Wildman–Crippen LogP) is 2.75. The summed E-state index contributed by atoms with van der Waals surface area (Å²) in [4.78, 5) is 6.80. The van der Waals surface area contributed by atoms with Gasteiger partial charge in [-0.05, 0) is 49.5 Å². The molecule has 94 valence electrons. The Balaban J connectivity index is 1.88. The van der Waals surface area contributed by atoms with Crippen LogP contribution in [0.25, 0.3) is 0 Å². The second-order valence-electron chi connectivity index (χ2n) is 4.93. The number of rotatable bonds is 4. The summed E-state index contributed by atoms with van der Waals surface area (Å²) in [5, 5.41) is 3.09. The molecular formula is C14H23N3. The second kappa shape index (κ2) is 6.01.